The number of methoxy groups -OCH3 is 2. The fourth-order valence-electron chi connectivity index (χ4n) is 6.50. The number of hydrogen-bond acceptors (Lipinski definition) is 10. The van der Waals surface area contributed by atoms with Crippen LogP contribution in [0.25, 0.3) is 0 Å². The van der Waals surface area contributed by atoms with Crippen LogP contribution < -0.4 is 29.7 Å². The zero-order valence-corrected chi connectivity index (χ0v) is 26.7. The van der Waals surface area contributed by atoms with E-state index in [1.165, 1.54) is 14.2 Å². The molecule has 246 valence electrons. The number of rotatable bonds is 9. The molecule has 0 aliphatic carbocycles. The van der Waals surface area contributed by atoms with E-state index in [-0.39, 0.29) is 37.1 Å². The molecule has 3 aromatic carbocycles. The zero-order valence-electron chi connectivity index (χ0n) is 26.7. The van der Waals surface area contributed by atoms with E-state index >= 15 is 0 Å². The van der Waals surface area contributed by atoms with Crippen LogP contribution in [0.5, 0.6) is 28.7 Å². The van der Waals surface area contributed by atoms with Crippen LogP contribution in [0.1, 0.15) is 44.7 Å². The maximum absolute atomic E-state index is 13.3. The van der Waals surface area contributed by atoms with Crippen LogP contribution in [-0.4, -0.2) is 73.4 Å². The molecule has 3 aromatic rings. The van der Waals surface area contributed by atoms with Crippen molar-refractivity contribution in [3.05, 3.63) is 89.0 Å². The van der Waals surface area contributed by atoms with Gasteiger partial charge in [0.05, 0.1) is 48.8 Å². The highest BCUT2D eigenvalue weighted by Crippen LogP contribution is 2.40. The van der Waals surface area contributed by atoms with E-state index in [1.807, 2.05) is 6.07 Å². The van der Waals surface area contributed by atoms with Gasteiger partial charge in [-0.1, -0.05) is 24.3 Å². The Kier molecular flexibility index (Phi) is 8.09. The summed E-state index contributed by atoms with van der Waals surface area (Å²) in [6.45, 7) is 9.35. The monoisotopic (exact) mass is 649 g/mol. The highest BCUT2D eigenvalue weighted by Gasteiger charge is 2.35. The van der Waals surface area contributed by atoms with Crippen LogP contribution >= 0.6 is 0 Å². The first kappa shape index (κ1) is 31.0. The van der Waals surface area contributed by atoms with E-state index in [1.54, 1.807) is 58.6 Å². The van der Waals surface area contributed by atoms with Crippen molar-refractivity contribution in [2.24, 2.45) is 15.9 Å². The van der Waals surface area contributed by atoms with Crippen molar-refractivity contribution in [1.82, 2.24) is 9.80 Å². The number of carbonyl (C=O) groups excluding carboxylic acids is 2. The van der Waals surface area contributed by atoms with Crippen LogP contribution in [-0.2, 0) is 13.2 Å². The second-order valence-corrected chi connectivity index (χ2v) is 12.2. The lowest BCUT2D eigenvalue weighted by Gasteiger charge is -2.20. The summed E-state index contributed by atoms with van der Waals surface area (Å²) in [6, 6.07) is 11.9. The second kappa shape index (κ2) is 12.5. The van der Waals surface area contributed by atoms with Gasteiger partial charge in [0.25, 0.3) is 11.8 Å². The Morgan fingerprint density at radius 3 is 1.58 bits per heavy atom. The summed E-state index contributed by atoms with van der Waals surface area (Å²) in [5, 5.41) is 0. The minimum atomic E-state index is -0.121. The SMILES string of the molecule is C=C1CC2C=Nc3cc(OCc4cc(COc5cc6c(cc5OC)C(=O)N5CC(=C)C[C@H]5C=N6)cc(ON)c4)c(OC)cc3C(=O)N2C1. The smallest absolute Gasteiger partial charge is 0.257 e. The number of fused-ring (bicyclic) bond motifs is 4. The Bertz CT molecular complexity index is 1790. The van der Waals surface area contributed by atoms with Gasteiger partial charge in [-0.05, 0) is 54.3 Å². The fraction of sp³-hybridized carbons (Fsp3) is 0.278. The summed E-state index contributed by atoms with van der Waals surface area (Å²) < 4.78 is 23.6. The zero-order chi connectivity index (χ0) is 33.5. The molecule has 12 heteroatoms. The largest absolute Gasteiger partial charge is 0.493 e. The van der Waals surface area contributed by atoms with Gasteiger partial charge in [-0.15, -0.1) is 0 Å². The molecule has 0 spiro atoms. The van der Waals surface area contributed by atoms with Crippen LogP contribution in [0.2, 0.25) is 0 Å². The summed E-state index contributed by atoms with van der Waals surface area (Å²) in [6.07, 6.45) is 4.96. The van der Waals surface area contributed by atoms with E-state index in [2.05, 4.69) is 23.1 Å². The highest BCUT2D eigenvalue weighted by atomic mass is 16.6. The fourth-order valence-corrected chi connectivity index (χ4v) is 6.50. The van der Waals surface area contributed by atoms with Crippen LogP contribution in [0.3, 0.4) is 0 Å². The van der Waals surface area contributed by atoms with E-state index in [0.717, 1.165) is 22.3 Å². The number of hydrogen-bond donors (Lipinski definition) is 1. The van der Waals surface area contributed by atoms with Gasteiger partial charge in [-0.3, -0.25) is 19.6 Å². The average Bonchev–Trinajstić information content (AvgIpc) is 3.60. The standard InChI is InChI=1S/C36H35N5O7/c1-20-5-24-14-38-29-12-33(31(44-3)10-27(29)35(42)40(24)16-20)46-18-22-7-23(9-26(8-22)48-37)19-47-34-13-30-28(11-32(34)45-4)36(43)41-17-21(2)6-25(41)15-39-30/h7-15,24-25H,1-2,5-6,16-19,37H2,3-4H3/t24-,25?/m0/s1. The lowest BCUT2D eigenvalue weighted by molar-refractivity contribution is 0.0769. The van der Waals surface area contributed by atoms with Crippen molar-refractivity contribution in [1.29, 1.82) is 0 Å². The molecule has 0 aromatic heterocycles. The third kappa shape index (κ3) is 5.75. The predicted octanol–water partition coefficient (Wildman–Crippen LogP) is 5.09. The van der Waals surface area contributed by atoms with Crippen LogP contribution in [0.15, 0.2) is 76.8 Å². The summed E-state index contributed by atoms with van der Waals surface area (Å²) in [5.41, 5.74) is 5.40. The Labute approximate surface area is 277 Å². The maximum atomic E-state index is 13.3. The number of benzene rings is 3. The van der Waals surface area contributed by atoms with Crippen molar-refractivity contribution in [2.75, 3.05) is 27.3 Å². The Morgan fingerprint density at radius 2 is 1.17 bits per heavy atom. The highest BCUT2D eigenvalue weighted by molar-refractivity contribution is 6.04. The quantitative estimate of drug-likeness (QED) is 0.250. The van der Waals surface area contributed by atoms with Gasteiger partial charge < -0.3 is 33.6 Å². The van der Waals surface area contributed by atoms with Gasteiger partial charge in [0.2, 0.25) is 0 Å². The van der Waals surface area contributed by atoms with Crippen molar-refractivity contribution in [3.63, 3.8) is 0 Å². The van der Waals surface area contributed by atoms with Gasteiger partial charge >= 0.3 is 0 Å². The number of nitrogens with two attached hydrogens (primary N) is 1. The van der Waals surface area contributed by atoms with Crippen molar-refractivity contribution in [3.8, 4) is 28.7 Å². The molecule has 12 nitrogen and oxygen atoms in total. The molecule has 0 bridgehead atoms. The first-order chi connectivity index (χ1) is 23.2. The van der Waals surface area contributed by atoms with Crippen LogP contribution in [0.4, 0.5) is 11.4 Å². The average molecular weight is 650 g/mol. The molecule has 1 unspecified atom stereocenters. The van der Waals surface area contributed by atoms with Gasteiger partial charge in [-0.2, -0.15) is 5.90 Å². The van der Waals surface area contributed by atoms with E-state index in [4.69, 9.17) is 29.7 Å². The lowest BCUT2D eigenvalue weighted by Crippen LogP contribution is -2.35. The number of ether oxygens (including phenoxy) is 4. The Hall–Kier alpha value is -5.62. The van der Waals surface area contributed by atoms with Crippen molar-refractivity contribution < 1.29 is 33.4 Å². The molecular weight excluding hydrogens is 614 g/mol. The van der Waals surface area contributed by atoms with Gasteiger partial charge in [0.1, 0.15) is 19.0 Å². The molecule has 48 heavy (non-hydrogen) atoms. The van der Waals surface area contributed by atoms with E-state index in [0.29, 0.717) is 77.2 Å². The van der Waals surface area contributed by atoms with Gasteiger partial charge in [-0.25, -0.2) is 0 Å². The third-order valence-electron chi connectivity index (χ3n) is 8.85. The molecule has 2 N–H and O–H groups in total. The third-order valence-corrected chi connectivity index (χ3v) is 8.85. The topological polar surface area (TPSA) is 138 Å². The van der Waals surface area contributed by atoms with E-state index < -0.39 is 0 Å². The Balaban J connectivity index is 1.09. The molecule has 7 rings (SSSR count). The first-order valence-electron chi connectivity index (χ1n) is 15.5. The number of nitrogens with zero attached hydrogens (tertiary/aromatic N) is 4. The number of amides is 2. The molecule has 2 amide bonds. The molecule has 4 heterocycles. The molecule has 4 aliphatic heterocycles. The molecule has 4 aliphatic rings. The van der Waals surface area contributed by atoms with Gasteiger partial charge in [0, 0.05) is 37.7 Å². The minimum absolute atomic E-state index is 0.119. The van der Waals surface area contributed by atoms with Crippen molar-refractivity contribution >= 4 is 35.6 Å². The summed E-state index contributed by atoms with van der Waals surface area (Å²) in [5.74, 6) is 7.40. The molecule has 2 atom stereocenters. The van der Waals surface area contributed by atoms with Gasteiger partial charge in [0.15, 0.2) is 23.0 Å². The van der Waals surface area contributed by atoms with Crippen LogP contribution in [0, 0.1) is 0 Å². The summed E-state index contributed by atoms with van der Waals surface area (Å²) in [4.78, 5) is 44.5. The molecule has 0 radical (unpaired) electrons. The molecular formula is C36H35N5O7. The van der Waals surface area contributed by atoms with E-state index in [9.17, 15) is 9.59 Å². The second-order valence-electron chi connectivity index (χ2n) is 12.2. The maximum Gasteiger partial charge on any atom is 0.257 e. The number of carbonyl (C=O) groups is 2. The summed E-state index contributed by atoms with van der Waals surface area (Å²) >= 11 is 0. The summed E-state index contributed by atoms with van der Waals surface area (Å²) in [7, 11) is 3.05. The lowest BCUT2D eigenvalue weighted by atomic mass is 10.1. The molecule has 2 fully saturated rings. The van der Waals surface area contributed by atoms with Crippen molar-refractivity contribution in [2.45, 2.75) is 38.1 Å². The minimum Gasteiger partial charge on any atom is -0.493 e. The predicted molar refractivity (Wildman–Crippen MR) is 179 cm³/mol. The number of aliphatic imine (C=N–C) groups is 2. The Morgan fingerprint density at radius 1 is 0.708 bits per heavy atom. The first-order valence-corrected chi connectivity index (χ1v) is 15.5. The molecule has 0 saturated carbocycles. The normalized spacial score (nSPS) is 19.3. The molecule has 2 saturated heterocycles.